The van der Waals surface area contributed by atoms with E-state index in [9.17, 15) is 4.79 Å². The van der Waals surface area contributed by atoms with E-state index >= 15 is 0 Å². The van der Waals surface area contributed by atoms with Gasteiger partial charge in [0.2, 0.25) is 0 Å². The van der Waals surface area contributed by atoms with Crippen LogP contribution in [-0.2, 0) is 9.53 Å². The van der Waals surface area contributed by atoms with Gasteiger partial charge in [-0.1, -0.05) is 18.2 Å². The first-order valence-electron chi connectivity index (χ1n) is 6.98. The van der Waals surface area contributed by atoms with Crippen molar-refractivity contribution >= 4 is 17.7 Å². The molecule has 0 N–H and O–H groups in total. The molecule has 1 aromatic carbocycles. The number of hydrogen-bond donors (Lipinski definition) is 0. The molecule has 1 fully saturated rings. The predicted octanol–water partition coefficient (Wildman–Crippen LogP) is 3.45. The van der Waals surface area contributed by atoms with E-state index in [1.54, 1.807) is 0 Å². The summed E-state index contributed by atoms with van der Waals surface area (Å²) in [5.74, 6) is 2.86. The van der Waals surface area contributed by atoms with Crippen molar-refractivity contribution < 1.29 is 14.3 Å². The minimum atomic E-state index is -0.0840. The Labute approximate surface area is 125 Å². The second-order valence-corrected chi connectivity index (χ2v) is 6.52. The van der Waals surface area contributed by atoms with Crippen LogP contribution in [0.3, 0.4) is 0 Å². The van der Waals surface area contributed by atoms with Crippen LogP contribution >= 0.6 is 11.8 Å². The highest BCUT2D eigenvalue weighted by atomic mass is 32.2. The number of carbonyl (C=O) groups excluding carboxylic acids is 1. The number of carbonyl (C=O) groups is 1. The molecule has 20 heavy (non-hydrogen) atoms. The zero-order chi connectivity index (χ0) is 14.4. The van der Waals surface area contributed by atoms with Crippen molar-refractivity contribution in [1.29, 1.82) is 0 Å². The molecule has 1 aliphatic carbocycles. The Morgan fingerprint density at radius 3 is 2.75 bits per heavy atom. The summed E-state index contributed by atoms with van der Waals surface area (Å²) >= 11 is 1.87. The summed E-state index contributed by atoms with van der Waals surface area (Å²) in [4.78, 5) is 11.3. The van der Waals surface area contributed by atoms with E-state index < -0.39 is 0 Å². The quantitative estimate of drug-likeness (QED) is 0.543. The minimum Gasteiger partial charge on any atom is -0.492 e. The van der Waals surface area contributed by atoms with E-state index in [0.29, 0.717) is 13.0 Å². The number of hydrogen-bond acceptors (Lipinski definition) is 4. The molecule has 0 aliphatic heterocycles. The van der Waals surface area contributed by atoms with E-state index in [4.69, 9.17) is 9.47 Å². The summed E-state index contributed by atoms with van der Waals surface area (Å²) < 4.78 is 10.5. The molecular formula is C16H22O3S. The normalized spacial score (nSPS) is 15.7. The van der Waals surface area contributed by atoms with Gasteiger partial charge in [-0.05, 0) is 42.6 Å². The average Bonchev–Trinajstić information content (AvgIpc) is 3.20. The number of rotatable bonds is 8. The van der Waals surface area contributed by atoms with Crippen LogP contribution in [-0.4, -0.2) is 31.2 Å². The third kappa shape index (κ3) is 4.44. The summed E-state index contributed by atoms with van der Waals surface area (Å²) in [5.41, 5.74) is 1.38. The lowest BCUT2D eigenvalue weighted by molar-refractivity contribution is -0.141. The van der Waals surface area contributed by atoms with E-state index in [-0.39, 0.29) is 11.4 Å². The lowest BCUT2D eigenvalue weighted by atomic mass is 10.1. The van der Waals surface area contributed by atoms with Gasteiger partial charge in [-0.2, -0.15) is 11.8 Å². The van der Waals surface area contributed by atoms with Crippen molar-refractivity contribution in [3.8, 4) is 5.75 Å². The van der Waals surface area contributed by atoms with Gasteiger partial charge >= 0.3 is 5.97 Å². The van der Waals surface area contributed by atoms with Gasteiger partial charge in [0, 0.05) is 5.75 Å². The molecular weight excluding hydrogens is 272 g/mol. The molecule has 0 unspecified atom stereocenters. The van der Waals surface area contributed by atoms with Gasteiger partial charge < -0.3 is 9.47 Å². The predicted molar refractivity (Wildman–Crippen MR) is 82.3 cm³/mol. The molecule has 110 valence electrons. The van der Waals surface area contributed by atoms with Crippen LogP contribution in [0.2, 0.25) is 0 Å². The SMILES string of the molecule is COC(=O)CC1(CSCCOc2ccccc2C)CC1. The Kier molecular flexibility index (Phi) is 5.35. The molecule has 0 radical (unpaired) electrons. The van der Waals surface area contributed by atoms with Gasteiger partial charge in [-0.15, -0.1) is 0 Å². The van der Waals surface area contributed by atoms with Gasteiger partial charge in [0.15, 0.2) is 0 Å². The maximum Gasteiger partial charge on any atom is 0.306 e. The second kappa shape index (κ2) is 7.02. The third-order valence-corrected chi connectivity index (χ3v) is 4.96. The molecule has 0 bridgehead atoms. The Bertz CT molecular complexity index is 455. The summed E-state index contributed by atoms with van der Waals surface area (Å²) in [7, 11) is 1.46. The number of aryl methyl sites for hydroxylation is 1. The first kappa shape index (κ1) is 15.2. The van der Waals surface area contributed by atoms with Crippen LogP contribution in [0.25, 0.3) is 0 Å². The molecule has 2 rings (SSSR count). The minimum absolute atomic E-state index is 0.0840. The summed E-state index contributed by atoms with van der Waals surface area (Å²) in [5, 5.41) is 0. The van der Waals surface area contributed by atoms with Crippen LogP contribution in [0.15, 0.2) is 24.3 Å². The zero-order valence-corrected chi connectivity index (χ0v) is 13.0. The average molecular weight is 294 g/mol. The van der Waals surface area contributed by atoms with E-state index in [1.165, 1.54) is 12.7 Å². The van der Waals surface area contributed by atoms with Crippen LogP contribution in [0, 0.1) is 12.3 Å². The van der Waals surface area contributed by atoms with E-state index in [1.807, 2.05) is 30.0 Å². The topological polar surface area (TPSA) is 35.5 Å². The number of ether oxygens (including phenoxy) is 2. The highest BCUT2D eigenvalue weighted by molar-refractivity contribution is 7.99. The fourth-order valence-corrected chi connectivity index (χ4v) is 3.31. The van der Waals surface area contributed by atoms with Crippen LogP contribution < -0.4 is 4.74 Å². The highest BCUT2D eigenvalue weighted by Crippen LogP contribution is 2.51. The Hall–Kier alpha value is -1.16. The molecule has 3 nitrogen and oxygen atoms in total. The molecule has 0 amide bonds. The van der Waals surface area contributed by atoms with Crippen molar-refractivity contribution in [2.75, 3.05) is 25.2 Å². The first-order valence-corrected chi connectivity index (χ1v) is 8.14. The molecule has 0 spiro atoms. The monoisotopic (exact) mass is 294 g/mol. The molecule has 0 aromatic heterocycles. The van der Waals surface area contributed by atoms with Crippen molar-refractivity contribution in [3.05, 3.63) is 29.8 Å². The maximum absolute atomic E-state index is 11.3. The molecule has 0 saturated heterocycles. The number of thioether (sulfide) groups is 1. The lowest BCUT2D eigenvalue weighted by Crippen LogP contribution is -2.14. The molecule has 4 heteroatoms. The Balaban J connectivity index is 1.63. The number of benzene rings is 1. The largest absolute Gasteiger partial charge is 0.492 e. The highest BCUT2D eigenvalue weighted by Gasteiger charge is 2.44. The standard InChI is InChI=1S/C16H22O3S/c1-13-5-3-4-6-14(13)19-9-10-20-12-16(7-8-16)11-15(17)18-2/h3-6H,7-12H2,1-2H3. The van der Waals surface area contributed by atoms with Crippen molar-refractivity contribution in [1.82, 2.24) is 0 Å². The van der Waals surface area contributed by atoms with E-state index in [0.717, 1.165) is 30.1 Å². The van der Waals surface area contributed by atoms with Crippen LogP contribution in [0.1, 0.15) is 24.8 Å². The lowest BCUT2D eigenvalue weighted by Gasteiger charge is -2.13. The summed E-state index contributed by atoms with van der Waals surface area (Å²) in [6.07, 6.45) is 2.86. The zero-order valence-electron chi connectivity index (χ0n) is 12.2. The third-order valence-electron chi connectivity index (χ3n) is 3.69. The number of para-hydroxylation sites is 1. The van der Waals surface area contributed by atoms with Crippen molar-refractivity contribution in [3.63, 3.8) is 0 Å². The molecule has 0 atom stereocenters. The fourth-order valence-electron chi connectivity index (χ4n) is 2.14. The second-order valence-electron chi connectivity index (χ2n) is 5.42. The van der Waals surface area contributed by atoms with E-state index in [2.05, 4.69) is 13.0 Å². The number of methoxy groups -OCH3 is 1. The van der Waals surface area contributed by atoms with Crippen molar-refractivity contribution in [2.24, 2.45) is 5.41 Å². The summed E-state index contributed by atoms with van der Waals surface area (Å²) in [6, 6.07) is 8.06. The molecule has 1 aliphatic rings. The Morgan fingerprint density at radius 2 is 2.10 bits per heavy atom. The molecule has 1 saturated carbocycles. The van der Waals surface area contributed by atoms with Crippen LogP contribution in [0.4, 0.5) is 0 Å². The van der Waals surface area contributed by atoms with Gasteiger partial charge in [0.1, 0.15) is 5.75 Å². The Morgan fingerprint density at radius 1 is 1.35 bits per heavy atom. The van der Waals surface area contributed by atoms with Gasteiger partial charge in [-0.25, -0.2) is 0 Å². The first-order chi connectivity index (χ1) is 9.65. The van der Waals surface area contributed by atoms with Crippen molar-refractivity contribution in [2.45, 2.75) is 26.2 Å². The fraction of sp³-hybridized carbons (Fsp3) is 0.562. The van der Waals surface area contributed by atoms with Gasteiger partial charge in [0.25, 0.3) is 0 Å². The molecule has 0 heterocycles. The van der Waals surface area contributed by atoms with Gasteiger partial charge in [-0.3, -0.25) is 4.79 Å². The maximum atomic E-state index is 11.3. The smallest absolute Gasteiger partial charge is 0.306 e. The number of esters is 1. The van der Waals surface area contributed by atoms with Crippen LogP contribution in [0.5, 0.6) is 5.75 Å². The summed E-state index contributed by atoms with van der Waals surface area (Å²) in [6.45, 7) is 2.77. The molecule has 1 aromatic rings. The van der Waals surface area contributed by atoms with Gasteiger partial charge in [0.05, 0.1) is 20.1 Å².